The standard InChI is InChI=1S/C22H26FN3O2/c1-16-7-8-18(17(2)15-16)9-10-24-22(28)26-13-11-25(12-14-26)21(27)19-5-3-4-6-20(19)23/h3-8,15H,9-14H2,1-2H3,(H,24,28). The Morgan fingerprint density at radius 3 is 2.36 bits per heavy atom. The van der Waals surface area contributed by atoms with Crippen LogP contribution in [-0.2, 0) is 6.42 Å². The molecule has 0 aromatic heterocycles. The Morgan fingerprint density at radius 1 is 1.00 bits per heavy atom. The van der Waals surface area contributed by atoms with Crippen LogP contribution in [0.3, 0.4) is 0 Å². The molecule has 148 valence electrons. The molecule has 0 spiro atoms. The van der Waals surface area contributed by atoms with Gasteiger partial charge < -0.3 is 15.1 Å². The quantitative estimate of drug-likeness (QED) is 0.882. The van der Waals surface area contributed by atoms with Crippen molar-refractivity contribution in [1.82, 2.24) is 15.1 Å². The van der Waals surface area contributed by atoms with E-state index >= 15 is 0 Å². The van der Waals surface area contributed by atoms with E-state index in [9.17, 15) is 14.0 Å². The van der Waals surface area contributed by atoms with Crippen molar-refractivity contribution in [2.75, 3.05) is 32.7 Å². The van der Waals surface area contributed by atoms with Gasteiger partial charge in [-0.1, -0.05) is 35.9 Å². The molecule has 3 rings (SSSR count). The maximum absolute atomic E-state index is 13.8. The smallest absolute Gasteiger partial charge is 0.317 e. The number of carbonyl (C=O) groups is 2. The summed E-state index contributed by atoms with van der Waals surface area (Å²) < 4.78 is 13.8. The lowest BCUT2D eigenvalue weighted by Crippen LogP contribution is -2.53. The number of amides is 3. The zero-order valence-electron chi connectivity index (χ0n) is 16.4. The molecule has 6 heteroatoms. The van der Waals surface area contributed by atoms with E-state index in [2.05, 4.69) is 37.4 Å². The second kappa shape index (κ2) is 8.87. The second-order valence-electron chi connectivity index (χ2n) is 7.17. The number of benzene rings is 2. The van der Waals surface area contributed by atoms with E-state index in [-0.39, 0.29) is 17.5 Å². The van der Waals surface area contributed by atoms with Crippen molar-refractivity contribution < 1.29 is 14.0 Å². The Bertz CT molecular complexity index is 861. The predicted molar refractivity (Wildman–Crippen MR) is 107 cm³/mol. The van der Waals surface area contributed by atoms with E-state index in [0.29, 0.717) is 32.7 Å². The van der Waals surface area contributed by atoms with E-state index in [1.54, 1.807) is 21.9 Å². The van der Waals surface area contributed by atoms with Gasteiger partial charge in [0.15, 0.2) is 0 Å². The molecule has 1 fully saturated rings. The van der Waals surface area contributed by atoms with Crippen molar-refractivity contribution >= 4 is 11.9 Å². The third-order valence-corrected chi connectivity index (χ3v) is 5.13. The van der Waals surface area contributed by atoms with Gasteiger partial charge in [-0.3, -0.25) is 4.79 Å². The highest BCUT2D eigenvalue weighted by Crippen LogP contribution is 2.13. The molecule has 0 radical (unpaired) electrons. The summed E-state index contributed by atoms with van der Waals surface area (Å²) >= 11 is 0. The Hall–Kier alpha value is -2.89. The van der Waals surface area contributed by atoms with E-state index in [0.717, 1.165) is 6.42 Å². The number of piperazine rings is 1. The first-order valence-corrected chi connectivity index (χ1v) is 9.58. The van der Waals surface area contributed by atoms with Crippen LogP contribution >= 0.6 is 0 Å². The van der Waals surface area contributed by atoms with Crippen LogP contribution in [0.15, 0.2) is 42.5 Å². The number of hydrogen-bond donors (Lipinski definition) is 1. The molecule has 0 unspecified atom stereocenters. The van der Waals surface area contributed by atoms with Gasteiger partial charge in [0.1, 0.15) is 5.82 Å². The van der Waals surface area contributed by atoms with Crippen LogP contribution in [0.5, 0.6) is 0 Å². The predicted octanol–water partition coefficient (Wildman–Crippen LogP) is 3.15. The van der Waals surface area contributed by atoms with Crippen LogP contribution in [0.1, 0.15) is 27.0 Å². The van der Waals surface area contributed by atoms with Gasteiger partial charge in [0.25, 0.3) is 5.91 Å². The first-order valence-electron chi connectivity index (χ1n) is 9.58. The maximum Gasteiger partial charge on any atom is 0.317 e. The zero-order valence-corrected chi connectivity index (χ0v) is 16.4. The molecule has 1 N–H and O–H groups in total. The monoisotopic (exact) mass is 383 g/mol. The van der Waals surface area contributed by atoms with Crippen molar-refractivity contribution in [2.24, 2.45) is 0 Å². The molecule has 5 nitrogen and oxygen atoms in total. The molecule has 1 saturated heterocycles. The van der Waals surface area contributed by atoms with Crippen molar-refractivity contribution in [3.63, 3.8) is 0 Å². The lowest BCUT2D eigenvalue weighted by Gasteiger charge is -2.34. The van der Waals surface area contributed by atoms with E-state index < -0.39 is 5.82 Å². The fourth-order valence-corrected chi connectivity index (χ4v) is 3.46. The summed E-state index contributed by atoms with van der Waals surface area (Å²) in [5.41, 5.74) is 3.77. The Balaban J connectivity index is 1.46. The third-order valence-electron chi connectivity index (χ3n) is 5.13. The van der Waals surface area contributed by atoms with Crippen molar-refractivity contribution in [3.05, 3.63) is 70.5 Å². The van der Waals surface area contributed by atoms with Gasteiger partial charge in [0, 0.05) is 32.7 Å². The van der Waals surface area contributed by atoms with Crippen LogP contribution in [0.4, 0.5) is 9.18 Å². The first-order chi connectivity index (χ1) is 13.5. The molecule has 0 bridgehead atoms. The van der Waals surface area contributed by atoms with Crippen LogP contribution in [0, 0.1) is 19.7 Å². The molecule has 1 aliphatic rings. The van der Waals surface area contributed by atoms with Crippen molar-refractivity contribution in [3.8, 4) is 0 Å². The minimum absolute atomic E-state index is 0.0777. The summed E-state index contributed by atoms with van der Waals surface area (Å²) in [7, 11) is 0. The lowest BCUT2D eigenvalue weighted by molar-refractivity contribution is 0.0660. The average molecular weight is 383 g/mol. The fourth-order valence-electron chi connectivity index (χ4n) is 3.46. The fraction of sp³-hybridized carbons (Fsp3) is 0.364. The van der Waals surface area contributed by atoms with Gasteiger partial charge >= 0.3 is 6.03 Å². The molecule has 2 aromatic rings. The van der Waals surface area contributed by atoms with Gasteiger partial charge in [-0.15, -0.1) is 0 Å². The Labute approximate surface area is 165 Å². The molecule has 28 heavy (non-hydrogen) atoms. The van der Waals surface area contributed by atoms with Gasteiger partial charge in [-0.2, -0.15) is 0 Å². The van der Waals surface area contributed by atoms with Crippen LogP contribution in [-0.4, -0.2) is 54.5 Å². The zero-order chi connectivity index (χ0) is 20.1. The van der Waals surface area contributed by atoms with Crippen LogP contribution in [0.25, 0.3) is 0 Å². The molecular weight excluding hydrogens is 357 g/mol. The largest absolute Gasteiger partial charge is 0.338 e. The first kappa shape index (κ1) is 19.9. The molecule has 0 atom stereocenters. The number of hydrogen-bond acceptors (Lipinski definition) is 2. The second-order valence-corrected chi connectivity index (χ2v) is 7.17. The molecule has 3 amide bonds. The third kappa shape index (κ3) is 4.68. The maximum atomic E-state index is 13.8. The Morgan fingerprint density at radius 2 is 1.68 bits per heavy atom. The van der Waals surface area contributed by atoms with Crippen LogP contribution in [0.2, 0.25) is 0 Å². The Kier molecular flexibility index (Phi) is 6.29. The van der Waals surface area contributed by atoms with Gasteiger partial charge in [-0.25, -0.2) is 9.18 Å². The van der Waals surface area contributed by atoms with Crippen LogP contribution < -0.4 is 5.32 Å². The highest BCUT2D eigenvalue weighted by Gasteiger charge is 2.25. The van der Waals surface area contributed by atoms with Gasteiger partial charge in [0.2, 0.25) is 0 Å². The van der Waals surface area contributed by atoms with E-state index in [1.807, 2.05) is 0 Å². The van der Waals surface area contributed by atoms with E-state index in [4.69, 9.17) is 0 Å². The number of urea groups is 1. The molecule has 0 saturated carbocycles. The average Bonchev–Trinajstić information content (AvgIpc) is 2.69. The van der Waals surface area contributed by atoms with Gasteiger partial charge in [0.05, 0.1) is 5.56 Å². The highest BCUT2D eigenvalue weighted by atomic mass is 19.1. The van der Waals surface area contributed by atoms with E-state index in [1.165, 1.54) is 28.8 Å². The molecule has 1 aliphatic heterocycles. The number of nitrogens with zero attached hydrogens (tertiary/aromatic N) is 2. The summed E-state index contributed by atoms with van der Waals surface area (Å²) in [6, 6.07) is 12.2. The molecule has 1 heterocycles. The van der Waals surface area contributed by atoms with Crippen molar-refractivity contribution in [2.45, 2.75) is 20.3 Å². The normalized spacial score (nSPS) is 14.1. The topological polar surface area (TPSA) is 52.7 Å². The minimum atomic E-state index is -0.515. The summed E-state index contributed by atoms with van der Waals surface area (Å²) in [5, 5.41) is 2.95. The molecule has 0 aliphatic carbocycles. The SMILES string of the molecule is Cc1ccc(CCNC(=O)N2CCN(C(=O)c3ccccc3F)CC2)c(C)c1. The minimum Gasteiger partial charge on any atom is -0.338 e. The molecule has 2 aromatic carbocycles. The lowest BCUT2D eigenvalue weighted by atomic mass is 10.0. The summed E-state index contributed by atoms with van der Waals surface area (Å²) in [6.07, 6.45) is 0.781. The molecular formula is C22H26FN3O2. The summed E-state index contributed by atoms with van der Waals surface area (Å²) in [4.78, 5) is 28.1. The van der Waals surface area contributed by atoms with Gasteiger partial charge in [-0.05, 0) is 43.5 Å². The highest BCUT2D eigenvalue weighted by molar-refractivity contribution is 5.94. The summed E-state index contributed by atoms with van der Waals surface area (Å²) in [5.74, 6) is -0.841. The number of halogens is 1. The number of rotatable bonds is 4. The number of nitrogens with one attached hydrogen (secondary N) is 1. The van der Waals surface area contributed by atoms with Crippen molar-refractivity contribution in [1.29, 1.82) is 0 Å². The summed E-state index contributed by atoms with van der Waals surface area (Å²) in [6.45, 7) is 6.39. The number of carbonyl (C=O) groups excluding carboxylic acids is 2. The number of aryl methyl sites for hydroxylation is 2.